The molecule has 3 nitrogen and oxygen atoms in total. The summed E-state index contributed by atoms with van der Waals surface area (Å²) in [5.41, 5.74) is 2.82. The third kappa shape index (κ3) is 3.00. The van der Waals surface area contributed by atoms with Gasteiger partial charge in [0.05, 0.1) is 0 Å². The molecular weight excluding hydrogens is 258 g/mol. The molecular formula is C15H21NO2S. The molecule has 0 spiro atoms. The van der Waals surface area contributed by atoms with Gasteiger partial charge in [0.1, 0.15) is 6.10 Å². The summed E-state index contributed by atoms with van der Waals surface area (Å²) in [5.74, 6) is 0.0652. The first kappa shape index (κ1) is 13.1. The first-order valence-electron chi connectivity index (χ1n) is 7.32. The van der Waals surface area contributed by atoms with Gasteiger partial charge in [0, 0.05) is 18.0 Å². The van der Waals surface area contributed by atoms with E-state index < -0.39 is 0 Å². The molecule has 19 heavy (non-hydrogen) atoms. The first-order chi connectivity index (χ1) is 9.34. The SMILES string of the molecule is O=C(NCc1csc2c1CCCC2)C1CCCCO1. The molecule has 2 heterocycles. The highest BCUT2D eigenvalue weighted by Crippen LogP contribution is 2.30. The van der Waals surface area contributed by atoms with Crippen molar-refractivity contribution in [2.75, 3.05) is 6.61 Å². The van der Waals surface area contributed by atoms with Crippen molar-refractivity contribution in [2.45, 2.75) is 57.6 Å². The van der Waals surface area contributed by atoms with Gasteiger partial charge in [-0.15, -0.1) is 11.3 Å². The number of ether oxygens (including phenoxy) is 1. The van der Waals surface area contributed by atoms with Gasteiger partial charge in [-0.2, -0.15) is 0 Å². The minimum absolute atomic E-state index is 0.0652. The van der Waals surface area contributed by atoms with Crippen molar-refractivity contribution in [3.05, 3.63) is 21.4 Å². The average molecular weight is 279 g/mol. The normalized spacial score (nSPS) is 22.8. The molecule has 0 saturated carbocycles. The van der Waals surface area contributed by atoms with Crippen LogP contribution in [0.3, 0.4) is 0 Å². The van der Waals surface area contributed by atoms with E-state index in [2.05, 4.69) is 10.7 Å². The van der Waals surface area contributed by atoms with E-state index in [1.165, 1.54) is 41.7 Å². The number of fused-ring (bicyclic) bond motifs is 1. The quantitative estimate of drug-likeness (QED) is 0.924. The zero-order chi connectivity index (χ0) is 13.1. The van der Waals surface area contributed by atoms with Crippen molar-refractivity contribution in [1.82, 2.24) is 5.32 Å². The molecule has 1 aromatic rings. The van der Waals surface area contributed by atoms with Crippen LogP contribution in [0.15, 0.2) is 5.38 Å². The molecule has 2 aliphatic rings. The van der Waals surface area contributed by atoms with E-state index in [4.69, 9.17) is 4.74 Å². The molecule has 1 unspecified atom stereocenters. The highest BCUT2D eigenvalue weighted by molar-refractivity contribution is 7.10. The van der Waals surface area contributed by atoms with Gasteiger partial charge < -0.3 is 10.1 Å². The van der Waals surface area contributed by atoms with Crippen LogP contribution in [0.25, 0.3) is 0 Å². The van der Waals surface area contributed by atoms with Gasteiger partial charge in [0.15, 0.2) is 0 Å². The summed E-state index contributed by atoms with van der Waals surface area (Å²) in [6.07, 6.45) is 7.85. The second-order valence-electron chi connectivity index (χ2n) is 5.44. The summed E-state index contributed by atoms with van der Waals surface area (Å²) in [4.78, 5) is 13.6. The molecule has 3 rings (SSSR count). The lowest BCUT2D eigenvalue weighted by atomic mass is 9.96. The number of carbonyl (C=O) groups is 1. The van der Waals surface area contributed by atoms with E-state index in [9.17, 15) is 4.79 Å². The van der Waals surface area contributed by atoms with Gasteiger partial charge >= 0.3 is 0 Å². The van der Waals surface area contributed by atoms with Crippen molar-refractivity contribution in [3.63, 3.8) is 0 Å². The van der Waals surface area contributed by atoms with Crippen LogP contribution in [0.2, 0.25) is 0 Å². The molecule has 0 bridgehead atoms. The predicted octanol–water partition coefficient (Wildman–Crippen LogP) is 2.81. The van der Waals surface area contributed by atoms with E-state index in [0.29, 0.717) is 6.54 Å². The highest BCUT2D eigenvalue weighted by Gasteiger charge is 2.22. The molecule has 1 aromatic heterocycles. The van der Waals surface area contributed by atoms with E-state index >= 15 is 0 Å². The minimum Gasteiger partial charge on any atom is -0.368 e. The number of carbonyl (C=O) groups excluding carboxylic acids is 1. The number of amides is 1. The van der Waals surface area contributed by atoms with Crippen molar-refractivity contribution in [1.29, 1.82) is 0 Å². The second kappa shape index (κ2) is 6.06. The maximum absolute atomic E-state index is 12.0. The lowest BCUT2D eigenvalue weighted by molar-refractivity contribution is -0.135. The number of nitrogens with one attached hydrogen (secondary N) is 1. The first-order valence-corrected chi connectivity index (χ1v) is 8.20. The number of thiophene rings is 1. The topological polar surface area (TPSA) is 38.3 Å². The molecule has 104 valence electrons. The van der Waals surface area contributed by atoms with Gasteiger partial charge in [0.25, 0.3) is 0 Å². The second-order valence-corrected chi connectivity index (χ2v) is 6.41. The number of aryl methyl sites for hydroxylation is 1. The van der Waals surface area contributed by atoms with Gasteiger partial charge in [-0.25, -0.2) is 0 Å². The fourth-order valence-corrected chi connectivity index (χ4v) is 4.10. The van der Waals surface area contributed by atoms with E-state index in [1.807, 2.05) is 11.3 Å². The number of hydrogen-bond acceptors (Lipinski definition) is 3. The molecule has 1 aliphatic carbocycles. The van der Waals surface area contributed by atoms with E-state index in [1.54, 1.807) is 0 Å². The Labute approximate surface area is 118 Å². The summed E-state index contributed by atoms with van der Waals surface area (Å²) < 4.78 is 5.51. The Balaban J connectivity index is 1.57. The Morgan fingerprint density at radius 1 is 1.32 bits per heavy atom. The third-order valence-electron chi connectivity index (χ3n) is 4.07. The van der Waals surface area contributed by atoms with E-state index in [0.717, 1.165) is 25.9 Å². The average Bonchev–Trinajstić information content (AvgIpc) is 2.89. The van der Waals surface area contributed by atoms with Gasteiger partial charge in [0.2, 0.25) is 5.91 Å². The molecule has 1 aliphatic heterocycles. The fourth-order valence-electron chi connectivity index (χ4n) is 2.95. The Bertz CT molecular complexity index is 449. The monoisotopic (exact) mass is 279 g/mol. The van der Waals surface area contributed by atoms with Crippen molar-refractivity contribution in [3.8, 4) is 0 Å². The summed E-state index contributed by atoms with van der Waals surface area (Å²) in [6, 6.07) is 0. The molecule has 1 N–H and O–H groups in total. The molecule has 0 aromatic carbocycles. The largest absolute Gasteiger partial charge is 0.368 e. The summed E-state index contributed by atoms with van der Waals surface area (Å²) in [6.45, 7) is 1.40. The van der Waals surface area contributed by atoms with Gasteiger partial charge in [-0.3, -0.25) is 4.79 Å². The zero-order valence-corrected chi connectivity index (χ0v) is 12.1. The van der Waals surface area contributed by atoms with Crippen molar-refractivity contribution < 1.29 is 9.53 Å². The van der Waals surface area contributed by atoms with Crippen LogP contribution in [0.4, 0.5) is 0 Å². The van der Waals surface area contributed by atoms with Crippen LogP contribution in [-0.4, -0.2) is 18.6 Å². The number of hydrogen-bond donors (Lipinski definition) is 1. The molecule has 1 saturated heterocycles. The van der Waals surface area contributed by atoms with Crippen LogP contribution in [0, 0.1) is 0 Å². The van der Waals surface area contributed by atoms with Crippen molar-refractivity contribution in [2.24, 2.45) is 0 Å². The smallest absolute Gasteiger partial charge is 0.249 e. The lowest BCUT2D eigenvalue weighted by Gasteiger charge is -2.21. The lowest BCUT2D eigenvalue weighted by Crippen LogP contribution is -2.38. The van der Waals surface area contributed by atoms with Crippen LogP contribution >= 0.6 is 11.3 Å². The standard InChI is InChI=1S/C15H21NO2S/c17-15(13-6-3-4-8-18-13)16-9-11-10-19-14-7-2-1-5-12(11)14/h10,13H,1-9H2,(H,16,17). The van der Waals surface area contributed by atoms with Crippen LogP contribution in [0.1, 0.15) is 48.1 Å². The Kier molecular flexibility index (Phi) is 4.18. The summed E-state index contributed by atoms with van der Waals surface area (Å²) >= 11 is 1.86. The predicted molar refractivity (Wildman–Crippen MR) is 76.4 cm³/mol. The van der Waals surface area contributed by atoms with E-state index in [-0.39, 0.29) is 12.0 Å². The molecule has 1 amide bonds. The Morgan fingerprint density at radius 2 is 2.21 bits per heavy atom. The Morgan fingerprint density at radius 3 is 3.05 bits per heavy atom. The summed E-state index contributed by atoms with van der Waals surface area (Å²) in [7, 11) is 0. The maximum atomic E-state index is 12.0. The fraction of sp³-hybridized carbons (Fsp3) is 0.667. The van der Waals surface area contributed by atoms with Gasteiger partial charge in [-0.05, 0) is 61.5 Å². The van der Waals surface area contributed by atoms with Gasteiger partial charge in [-0.1, -0.05) is 0 Å². The molecule has 4 heteroatoms. The Hall–Kier alpha value is -0.870. The van der Waals surface area contributed by atoms with Crippen LogP contribution < -0.4 is 5.32 Å². The third-order valence-corrected chi connectivity index (χ3v) is 5.21. The minimum atomic E-state index is -0.219. The van der Waals surface area contributed by atoms with Crippen LogP contribution in [-0.2, 0) is 28.9 Å². The molecule has 1 atom stereocenters. The maximum Gasteiger partial charge on any atom is 0.249 e. The highest BCUT2D eigenvalue weighted by atomic mass is 32.1. The van der Waals surface area contributed by atoms with Crippen molar-refractivity contribution >= 4 is 17.2 Å². The number of rotatable bonds is 3. The molecule has 0 radical (unpaired) electrons. The molecule has 1 fully saturated rings. The zero-order valence-electron chi connectivity index (χ0n) is 11.2. The van der Waals surface area contributed by atoms with Crippen LogP contribution in [0.5, 0.6) is 0 Å². The summed E-state index contributed by atoms with van der Waals surface area (Å²) in [5, 5.41) is 5.27.